The third-order valence-corrected chi connectivity index (χ3v) is 1.64. The predicted molar refractivity (Wildman–Crippen MR) is 48.3 cm³/mol. The van der Waals surface area contributed by atoms with Crippen molar-refractivity contribution in [3.8, 4) is 0 Å². The summed E-state index contributed by atoms with van der Waals surface area (Å²) in [5.74, 6) is -0.492. The first-order valence-corrected chi connectivity index (χ1v) is 4.06. The van der Waals surface area contributed by atoms with Gasteiger partial charge >= 0.3 is 5.97 Å². The van der Waals surface area contributed by atoms with Crippen molar-refractivity contribution in [2.45, 2.75) is 20.1 Å². The highest BCUT2D eigenvalue weighted by Gasteiger charge is 2.11. The van der Waals surface area contributed by atoms with E-state index in [9.17, 15) is 4.79 Å². The zero-order valence-electron chi connectivity index (χ0n) is 7.65. The molecule has 1 rings (SSSR count). The van der Waals surface area contributed by atoms with E-state index < -0.39 is 12.3 Å². The van der Waals surface area contributed by atoms with Crippen molar-refractivity contribution in [3.63, 3.8) is 0 Å². The van der Waals surface area contributed by atoms with E-state index in [4.69, 9.17) is 5.11 Å². The Morgan fingerprint density at radius 3 is 2.62 bits per heavy atom. The molecule has 13 heavy (non-hydrogen) atoms. The van der Waals surface area contributed by atoms with Crippen LogP contribution in [0.15, 0.2) is 24.3 Å². The lowest BCUT2D eigenvalue weighted by atomic mass is 10.1. The van der Waals surface area contributed by atoms with Gasteiger partial charge in [0.05, 0.1) is 5.56 Å². The molecule has 0 fully saturated rings. The van der Waals surface area contributed by atoms with Gasteiger partial charge in [0.15, 0.2) is 6.29 Å². The maximum absolute atomic E-state index is 11.3. The van der Waals surface area contributed by atoms with E-state index in [2.05, 4.69) is 4.74 Å². The van der Waals surface area contributed by atoms with E-state index in [-0.39, 0.29) is 0 Å². The summed E-state index contributed by atoms with van der Waals surface area (Å²) in [4.78, 5) is 11.3. The summed E-state index contributed by atoms with van der Waals surface area (Å²) >= 11 is 0. The minimum absolute atomic E-state index is 0.489. The smallest absolute Gasteiger partial charge is 0.340 e. The summed E-state index contributed by atoms with van der Waals surface area (Å²) in [5.41, 5.74) is 1.33. The van der Waals surface area contributed by atoms with E-state index >= 15 is 0 Å². The van der Waals surface area contributed by atoms with Crippen molar-refractivity contribution < 1.29 is 14.6 Å². The van der Waals surface area contributed by atoms with Crippen LogP contribution in [0.4, 0.5) is 0 Å². The molecule has 0 spiro atoms. The lowest BCUT2D eigenvalue weighted by Crippen LogP contribution is -2.14. The second kappa shape index (κ2) is 4.05. The fraction of sp³-hybridized carbons (Fsp3) is 0.300. The van der Waals surface area contributed by atoms with Crippen molar-refractivity contribution >= 4 is 5.97 Å². The minimum Gasteiger partial charge on any atom is -0.433 e. The molecule has 0 bridgehead atoms. The van der Waals surface area contributed by atoms with Crippen molar-refractivity contribution in [1.82, 2.24) is 0 Å². The van der Waals surface area contributed by atoms with Crippen LogP contribution in [0.1, 0.15) is 22.8 Å². The second-order valence-electron chi connectivity index (χ2n) is 2.82. The number of ether oxygens (including phenoxy) is 1. The molecule has 0 heterocycles. The molecule has 3 nitrogen and oxygen atoms in total. The van der Waals surface area contributed by atoms with Crippen LogP contribution in [-0.4, -0.2) is 17.4 Å². The zero-order chi connectivity index (χ0) is 9.84. The summed E-state index contributed by atoms with van der Waals surface area (Å²) in [6.07, 6.45) is -1.06. The molecule has 0 saturated carbocycles. The summed E-state index contributed by atoms with van der Waals surface area (Å²) in [7, 11) is 0. The van der Waals surface area contributed by atoms with Crippen LogP contribution in [0.5, 0.6) is 0 Å². The molecule has 0 aliphatic heterocycles. The Morgan fingerprint density at radius 1 is 1.46 bits per heavy atom. The molecule has 0 amide bonds. The number of hydrogen-bond acceptors (Lipinski definition) is 3. The molecule has 1 aromatic carbocycles. The molecule has 1 unspecified atom stereocenters. The minimum atomic E-state index is -1.06. The molecule has 70 valence electrons. The number of rotatable bonds is 2. The molecule has 0 radical (unpaired) electrons. The van der Waals surface area contributed by atoms with Crippen LogP contribution in [-0.2, 0) is 4.74 Å². The first-order valence-electron chi connectivity index (χ1n) is 4.06. The number of aliphatic hydroxyl groups excluding tert-OH is 1. The van der Waals surface area contributed by atoms with E-state index in [1.165, 1.54) is 6.92 Å². The summed E-state index contributed by atoms with van der Waals surface area (Å²) in [6.45, 7) is 3.22. The monoisotopic (exact) mass is 180 g/mol. The summed E-state index contributed by atoms with van der Waals surface area (Å²) in [6, 6.07) is 7.08. The molecular formula is C10H12O3. The highest BCUT2D eigenvalue weighted by atomic mass is 16.6. The molecule has 1 atom stereocenters. The molecular weight excluding hydrogens is 168 g/mol. The Morgan fingerprint density at radius 2 is 2.08 bits per heavy atom. The normalized spacial score (nSPS) is 12.2. The standard InChI is InChI=1S/C10H12O3/c1-7-5-3-4-6-9(7)10(12)13-8(2)11/h3-6,8,11H,1-2H3. The van der Waals surface area contributed by atoms with Gasteiger partial charge in [-0.2, -0.15) is 0 Å². The number of aliphatic hydroxyl groups is 1. The fourth-order valence-electron chi connectivity index (χ4n) is 1.02. The fourth-order valence-corrected chi connectivity index (χ4v) is 1.02. The maximum atomic E-state index is 11.3. The molecule has 3 heteroatoms. The van der Waals surface area contributed by atoms with Gasteiger partial charge in [0, 0.05) is 0 Å². The molecule has 0 aliphatic carbocycles. The Labute approximate surface area is 77.0 Å². The Balaban J connectivity index is 2.83. The van der Waals surface area contributed by atoms with Crippen molar-refractivity contribution in [2.75, 3.05) is 0 Å². The lowest BCUT2D eigenvalue weighted by molar-refractivity contribution is -0.0523. The molecule has 0 aliphatic rings. The van der Waals surface area contributed by atoms with Gasteiger partial charge in [-0.3, -0.25) is 0 Å². The van der Waals surface area contributed by atoms with Crippen molar-refractivity contribution in [2.24, 2.45) is 0 Å². The van der Waals surface area contributed by atoms with Gasteiger partial charge in [0.1, 0.15) is 0 Å². The lowest BCUT2D eigenvalue weighted by Gasteiger charge is -2.08. The second-order valence-corrected chi connectivity index (χ2v) is 2.82. The van der Waals surface area contributed by atoms with Gasteiger partial charge in [-0.25, -0.2) is 4.79 Å². The number of carbonyl (C=O) groups excluding carboxylic acids is 1. The van der Waals surface area contributed by atoms with Gasteiger partial charge in [-0.05, 0) is 25.5 Å². The van der Waals surface area contributed by atoms with Crippen LogP contribution >= 0.6 is 0 Å². The number of aryl methyl sites for hydroxylation is 1. The van der Waals surface area contributed by atoms with E-state index in [0.717, 1.165) is 5.56 Å². The van der Waals surface area contributed by atoms with Crippen LogP contribution in [0.3, 0.4) is 0 Å². The first kappa shape index (κ1) is 9.74. The quantitative estimate of drug-likeness (QED) is 0.554. The van der Waals surface area contributed by atoms with Gasteiger partial charge in [-0.15, -0.1) is 0 Å². The zero-order valence-corrected chi connectivity index (χ0v) is 7.65. The van der Waals surface area contributed by atoms with E-state index in [1.807, 2.05) is 19.1 Å². The SMILES string of the molecule is Cc1ccccc1C(=O)OC(C)O. The highest BCUT2D eigenvalue weighted by Crippen LogP contribution is 2.08. The average molecular weight is 180 g/mol. The van der Waals surface area contributed by atoms with Crippen molar-refractivity contribution in [3.05, 3.63) is 35.4 Å². The first-order chi connectivity index (χ1) is 6.11. The van der Waals surface area contributed by atoms with Crippen molar-refractivity contribution in [1.29, 1.82) is 0 Å². The van der Waals surface area contributed by atoms with Gasteiger partial charge < -0.3 is 9.84 Å². The number of hydrogen-bond donors (Lipinski definition) is 1. The van der Waals surface area contributed by atoms with Crippen LogP contribution in [0.2, 0.25) is 0 Å². The third-order valence-electron chi connectivity index (χ3n) is 1.64. The highest BCUT2D eigenvalue weighted by molar-refractivity contribution is 5.90. The number of esters is 1. The van der Waals surface area contributed by atoms with Gasteiger partial charge in [-0.1, -0.05) is 18.2 Å². The third kappa shape index (κ3) is 2.56. The van der Waals surface area contributed by atoms with Crippen LogP contribution < -0.4 is 0 Å². The Bertz CT molecular complexity index is 305. The van der Waals surface area contributed by atoms with Gasteiger partial charge in [0.25, 0.3) is 0 Å². The van der Waals surface area contributed by atoms with Crippen LogP contribution in [0.25, 0.3) is 0 Å². The molecule has 1 aromatic rings. The summed E-state index contributed by atoms with van der Waals surface area (Å²) < 4.78 is 4.63. The number of benzene rings is 1. The Kier molecular flexibility index (Phi) is 3.03. The predicted octanol–water partition coefficient (Wildman–Crippen LogP) is 1.49. The summed E-state index contributed by atoms with van der Waals surface area (Å²) in [5, 5.41) is 8.83. The molecule has 0 saturated heterocycles. The van der Waals surface area contributed by atoms with Crippen LogP contribution in [0, 0.1) is 6.92 Å². The average Bonchev–Trinajstić information content (AvgIpc) is 2.03. The topological polar surface area (TPSA) is 46.5 Å². The number of carbonyl (C=O) groups is 1. The van der Waals surface area contributed by atoms with E-state index in [0.29, 0.717) is 5.56 Å². The largest absolute Gasteiger partial charge is 0.433 e. The van der Waals surface area contributed by atoms with E-state index in [1.54, 1.807) is 12.1 Å². The molecule has 1 N–H and O–H groups in total. The Hall–Kier alpha value is -1.35. The maximum Gasteiger partial charge on any atom is 0.340 e. The molecule has 0 aromatic heterocycles. The van der Waals surface area contributed by atoms with Gasteiger partial charge in [0.2, 0.25) is 0 Å².